The predicted molar refractivity (Wildman–Crippen MR) is 74.5 cm³/mol. The van der Waals surface area contributed by atoms with Crippen LogP contribution in [-0.4, -0.2) is 38.3 Å². The number of nitrogens with zero attached hydrogens (tertiary/aromatic N) is 1. The van der Waals surface area contributed by atoms with E-state index in [2.05, 4.69) is 30.4 Å². The molecule has 2 heterocycles. The second kappa shape index (κ2) is 5.31. The molecule has 1 unspecified atom stereocenters. The van der Waals surface area contributed by atoms with Crippen molar-refractivity contribution in [2.45, 2.75) is 25.9 Å². The summed E-state index contributed by atoms with van der Waals surface area (Å²) < 4.78 is 5.58. The Balaban J connectivity index is 1.86. The molecule has 1 atom stereocenters. The predicted octanol–water partition coefficient (Wildman–Crippen LogP) is 1.26. The van der Waals surface area contributed by atoms with Gasteiger partial charge in [-0.3, -0.25) is 4.79 Å². The molecule has 0 radical (unpaired) electrons. The number of fused-ring (bicyclic) bond motifs is 1. The number of carbonyl (C=O) groups excluding carboxylic acids is 1. The third-order valence-electron chi connectivity index (χ3n) is 3.83. The average molecular weight is 260 g/mol. The van der Waals surface area contributed by atoms with E-state index in [9.17, 15) is 4.79 Å². The zero-order chi connectivity index (χ0) is 13.2. The molecule has 0 aliphatic carbocycles. The third kappa shape index (κ3) is 2.51. The molecule has 0 bridgehead atoms. The number of morpholine rings is 1. The maximum absolute atomic E-state index is 12.6. The quantitative estimate of drug-likeness (QED) is 0.826. The van der Waals surface area contributed by atoms with Crippen LogP contribution in [-0.2, 0) is 16.0 Å². The zero-order valence-electron chi connectivity index (χ0n) is 11.3. The number of benzene rings is 1. The molecule has 2 aliphatic heterocycles. The monoisotopic (exact) mass is 260 g/mol. The van der Waals surface area contributed by atoms with Crippen molar-refractivity contribution < 1.29 is 9.53 Å². The summed E-state index contributed by atoms with van der Waals surface area (Å²) in [7, 11) is 0. The molecule has 1 fully saturated rings. The largest absolute Gasteiger partial charge is 0.366 e. The fraction of sp³-hybridized carbons (Fsp3) is 0.533. The van der Waals surface area contributed by atoms with E-state index in [1.807, 2.05) is 4.90 Å². The van der Waals surface area contributed by atoms with Crippen LogP contribution in [0.3, 0.4) is 0 Å². The molecule has 4 heteroatoms. The first-order valence-corrected chi connectivity index (χ1v) is 6.99. The van der Waals surface area contributed by atoms with Crippen LogP contribution in [0.2, 0.25) is 0 Å². The lowest BCUT2D eigenvalue weighted by Gasteiger charge is -2.34. The van der Waals surface area contributed by atoms with Crippen molar-refractivity contribution in [2.75, 3.05) is 31.1 Å². The first-order chi connectivity index (χ1) is 9.25. The van der Waals surface area contributed by atoms with Crippen LogP contribution in [0, 0.1) is 6.92 Å². The fourth-order valence-corrected chi connectivity index (χ4v) is 2.81. The first kappa shape index (κ1) is 12.6. The molecule has 1 aromatic carbocycles. The van der Waals surface area contributed by atoms with Crippen molar-refractivity contribution in [3.05, 3.63) is 29.3 Å². The summed E-state index contributed by atoms with van der Waals surface area (Å²) in [5, 5.41) is 3.22. The van der Waals surface area contributed by atoms with E-state index in [4.69, 9.17) is 4.74 Å². The maximum atomic E-state index is 12.6. The SMILES string of the molecule is Cc1ccc2c(c1)N(C(=O)C1CNCCO1)CCC2. The smallest absolute Gasteiger partial charge is 0.257 e. The van der Waals surface area contributed by atoms with Gasteiger partial charge in [0.1, 0.15) is 6.10 Å². The van der Waals surface area contributed by atoms with Gasteiger partial charge < -0.3 is 15.0 Å². The number of hydrogen-bond donors (Lipinski definition) is 1. The van der Waals surface area contributed by atoms with Crippen LogP contribution in [0.1, 0.15) is 17.5 Å². The van der Waals surface area contributed by atoms with Crippen molar-refractivity contribution in [1.82, 2.24) is 5.32 Å². The highest BCUT2D eigenvalue weighted by Crippen LogP contribution is 2.29. The van der Waals surface area contributed by atoms with Crippen LogP contribution in [0.5, 0.6) is 0 Å². The van der Waals surface area contributed by atoms with Crippen LogP contribution < -0.4 is 10.2 Å². The van der Waals surface area contributed by atoms with E-state index in [1.54, 1.807) is 0 Å². The Morgan fingerprint density at radius 2 is 2.37 bits per heavy atom. The van der Waals surface area contributed by atoms with Gasteiger partial charge in [-0.25, -0.2) is 0 Å². The molecule has 0 aromatic heterocycles. The van der Waals surface area contributed by atoms with E-state index < -0.39 is 0 Å². The van der Waals surface area contributed by atoms with Gasteiger partial charge in [-0.1, -0.05) is 12.1 Å². The number of anilines is 1. The molecule has 1 amide bonds. The van der Waals surface area contributed by atoms with Crippen LogP contribution in [0.4, 0.5) is 5.69 Å². The molecule has 2 aliphatic rings. The van der Waals surface area contributed by atoms with Crippen molar-refractivity contribution in [3.8, 4) is 0 Å². The minimum Gasteiger partial charge on any atom is -0.366 e. The number of nitrogens with one attached hydrogen (secondary N) is 1. The molecule has 0 spiro atoms. The number of ether oxygens (including phenoxy) is 1. The van der Waals surface area contributed by atoms with Crippen LogP contribution in [0.25, 0.3) is 0 Å². The minimum atomic E-state index is -0.333. The van der Waals surface area contributed by atoms with E-state index in [-0.39, 0.29) is 12.0 Å². The summed E-state index contributed by atoms with van der Waals surface area (Å²) in [4.78, 5) is 14.5. The minimum absolute atomic E-state index is 0.0961. The van der Waals surface area contributed by atoms with Gasteiger partial charge in [0.25, 0.3) is 5.91 Å². The second-order valence-corrected chi connectivity index (χ2v) is 5.29. The lowest BCUT2D eigenvalue weighted by molar-refractivity contribution is -0.131. The van der Waals surface area contributed by atoms with Gasteiger partial charge >= 0.3 is 0 Å². The molecule has 1 N–H and O–H groups in total. The summed E-state index contributed by atoms with van der Waals surface area (Å²) in [6.07, 6.45) is 1.76. The topological polar surface area (TPSA) is 41.6 Å². The Hall–Kier alpha value is -1.39. The number of amides is 1. The van der Waals surface area contributed by atoms with Gasteiger partial charge in [-0.15, -0.1) is 0 Å². The zero-order valence-corrected chi connectivity index (χ0v) is 11.3. The van der Waals surface area contributed by atoms with Gasteiger partial charge in [0.05, 0.1) is 6.61 Å². The molecular weight excluding hydrogens is 240 g/mol. The Morgan fingerprint density at radius 1 is 1.47 bits per heavy atom. The molecule has 102 valence electrons. The second-order valence-electron chi connectivity index (χ2n) is 5.29. The lowest BCUT2D eigenvalue weighted by atomic mass is 9.99. The molecule has 19 heavy (non-hydrogen) atoms. The third-order valence-corrected chi connectivity index (χ3v) is 3.83. The highest BCUT2D eigenvalue weighted by Gasteiger charge is 2.30. The van der Waals surface area contributed by atoms with Crippen molar-refractivity contribution in [3.63, 3.8) is 0 Å². The maximum Gasteiger partial charge on any atom is 0.257 e. The average Bonchev–Trinajstić information content (AvgIpc) is 2.47. The normalized spacial score (nSPS) is 23.0. The molecule has 1 saturated heterocycles. The van der Waals surface area contributed by atoms with Gasteiger partial charge in [0.2, 0.25) is 0 Å². The Bertz CT molecular complexity index is 481. The van der Waals surface area contributed by atoms with Crippen LogP contribution in [0.15, 0.2) is 18.2 Å². The van der Waals surface area contributed by atoms with Crippen molar-refractivity contribution >= 4 is 11.6 Å². The van der Waals surface area contributed by atoms with Crippen molar-refractivity contribution in [2.24, 2.45) is 0 Å². The summed E-state index contributed by atoms with van der Waals surface area (Å²) in [6.45, 7) is 4.94. The van der Waals surface area contributed by atoms with Gasteiger partial charge in [0.15, 0.2) is 0 Å². The summed E-state index contributed by atoms with van der Waals surface area (Å²) in [5.74, 6) is 0.0961. The highest BCUT2D eigenvalue weighted by atomic mass is 16.5. The molecule has 4 nitrogen and oxygen atoms in total. The highest BCUT2D eigenvalue weighted by molar-refractivity contribution is 5.98. The Labute approximate surface area is 113 Å². The van der Waals surface area contributed by atoms with Crippen molar-refractivity contribution in [1.29, 1.82) is 0 Å². The number of aryl methyl sites for hydroxylation is 2. The summed E-state index contributed by atoms with van der Waals surface area (Å²) in [6, 6.07) is 6.37. The van der Waals surface area contributed by atoms with E-state index in [0.29, 0.717) is 13.2 Å². The van der Waals surface area contributed by atoms with E-state index >= 15 is 0 Å². The molecule has 0 saturated carbocycles. The Kier molecular flexibility index (Phi) is 3.53. The first-order valence-electron chi connectivity index (χ1n) is 6.99. The number of rotatable bonds is 1. The van der Waals surface area contributed by atoms with E-state index in [1.165, 1.54) is 11.1 Å². The molecule has 1 aromatic rings. The number of hydrogen-bond acceptors (Lipinski definition) is 3. The lowest BCUT2D eigenvalue weighted by Crippen LogP contribution is -2.50. The van der Waals surface area contributed by atoms with E-state index in [0.717, 1.165) is 31.6 Å². The van der Waals surface area contributed by atoms with Gasteiger partial charge in [-0.05, 0) is 37.0 Å². The molecular formula is C15H20N2O2. The fourth-order valence-electron chi connectivity index (χ4n) is 2.81. The molecule has 3 rings (SSSR count). The number of carbonyl (C=O) groups is 1. The van der Waals surface area contributed by atoms with Gasteiger partial charge in [0, 0.05) is 25.3 Å². The van der Waals surface area contributed by atoms with Crippen LogP contribution >= 0.6 is 0 Å². The summed E-state index contributed by atoms with van der Waals surface area (Å²) >= 11 is 0. The standard InChI is InChI=1S/C15H20N2O2/c1-11-4-5-12-3-2-7-17(13(12)9-11)15(18)14-10-16-6-8-19-14/h4-5,9,14,16H,2-3,6-8,10H2,1H3. The summed E-state index contributed by atoms with van der Waals surface area (Å²) in [5.41, 5.74) is 3.54. The Morgan fingerprint density at radius 3 is 3.16 bits per heavy atom. The van der Waals surface area contributed by atoms with Gasteiger partial charge in [-0.2, -0.15) is 0 Å².